The largest absolute Gasteiger partial charge is 0.482 e. The van der Waals surface area contributed by atoms with Crippen molar-refractivity contribution in [1.82, 2.24) is 4.90 Å². The van der Waals surface area contributed by atoms with Crippen LogP contribution < -0.4 is 14.5 Å². The van der Waals surface area contributed by atoms with Crippen LogP contribution in [-0.4, -0.2) is 58.6 Å². The Labute approximate surface area is 300 Å². The van der Waals surface area contributed by atoms with Crippen molar-refractivity contribution in [2.24, 2.45) is 5.92 Å². The average Bonchev–Trinajstić information content (AvgIpc) is 3.35. The summed E-state index contributed by atoms with van der Waals surface area (Å²) in [6, 6.07) is 20.2. The Morgan fingerprint density at radius 3 is 2.51 bits per heavy atom. The van der Waals surface area contributed by atoms with Crippen LogP contribution in [0.5, 0.6) is 5.75 Å². The molecule has 3 heterocycles. The normalized spacial score (nSPS) is 20.5. The molecule has 0 radical (unpaired) electrons. The maximum Gasteiger partial charge on any atom is 0.269 e. The number of hydrogen-bond donors (Lipinski definition) is 2. The van der Waals surface area contributed by atoms with Gasteiger partial charge in [-0.2, -0.15) is 0 Å². The number of carbonyl (C=O) groups is 3. The number of fused-ring (bicyclic) bond motifs is 3. The first-order valence-corrected chi connectivity index (χ1v) is 17.7. The predicted octanol–water partition coefficient (Wildman–Crippen LogP) is 6.50. The number of aliphatic hydroxyl groups is 2. The standard InChI is InChI=1S/C42H47N3O6/c1-28(2)11-9-12-29(3)21-22-43-36-20-19-33(45-37-16-7-8-17-38(37)51-27-40(45)48)24-35(36)42(50,41(43)49)30(4)13-10-18-39(47)44-25-32-15-6-5-14-31(32)23-34(44)26-46/h5-8,10-11,13-17,19-21,24,30,34,46,50H,9,12,18,22-23,25-27H2,1-4H3/b13-10+,29-21+/t30-,34+,42+/m1/s1. The lowest BCUT2D eigenvalue weighted by molar-refractivity contribution is -0.139. The van der Waals surface area contributed by atoms with E-state index in [0.29, 0.717) is 41.3 Å². The molecular formula is C42H47N3O6. The molecule has 0 saturated heterocycles. The number of para-hydroxylation sites is 2. The number of aliphatic hydroxyl groups excluding tert-OH is 1. The van der Waals surface area contributed by atoms with Crippen LogP contribution in [0.2, 0.25) is 0 Å². The van der Waals surface area contributed by atoms with Crippen molar-refractivity contribution in [3.63, 3.8) is 0 Å². The highest BCUT2D eigenvalue weighted by Gasteiger charge is 2.52. The Hall–Kier alpha value is -4.99. The molecule has 3 amide bonds. The molecule has 0 spiro atoms. The molecular weight excluding hydrogens is 642 g/mol. The molecule has 0 saturated carbocycles. The van der Waals surface area contributed by atoms with Crippen molar-refractivity contribution in [2.45, 2.75) is 71.6 Å². The highest BCUT2D eigenvalue weighted by molar-refractivity contribution is 6.09. The number of amides is 3. The van der Waals surface area contributed by atoms with Gasteiger partial charge in [0.05, 0.1) is 24.0 Å². The van der Waals surface area contributed by atoms with Crippen molar-refractivity contribution < 1.29 is 29.3 Å². The third-order valence-electron chi connectivity index (χ3n) is 10.2. The Kier molecular flexibility index (Phi) is 10.6. The van der Waals surface area contributed by atoms with Gasteiger partial charge in [-0.1, -0.05) is 78.8 Å². The van der Waals surface area contributed by atoms with Gasteiger partial charge in [-0.15, -0.1) is 0 Å². The van der Waals surface area contributed by atoms with Gasteiger partial charge in [-0.05, 0) is 81.5 Å². The second-order valence-corrected chi connectivity index (χ2v) is 14.0. The molecule has 0 aromatic heterocycles. The van der Waals surface area contributed by atoms with E-state index in [9.17, 15) is 24.6 Å². The van der Waals surface area contributed by atoms with Crippen LogP contribution >= 0.6 is 0 Å². The zero-order valence-electron chi connectivity index (χ0n) is 29.8. The van der Waals surface area contributed by atoms with Crippen LogP contribution in [0, 0.1) is 5.92 Å². The summed E-state index contributed by atoms with van der Waals surface area (Å²) < 4.78 is 5.66. The number of ether oxygens (including phenoxy) is 1. The summed E-state index contributed by atoms with van der Waals surface area (Å²) in [6.45, 7) is 8.38. The van der Waals surface area contributed by atoms with Crippen molar-refractivity contribution >= 4 is 34.8 Å². The summed E-state index contributed by atoms with van der Waals surface area (Å²) in [5.41, 5.74) is 4.70. The first-order chi connectivity index (χ1) is 24.5. The lowest BCUT2D eigenvalue weighted by Gasteiger charge is -2.36. The summed E-state index contributed by atoms with van der Waals surface area (Å²) in [5, 5.41) is 22.6. The van der Waals surface area contributed by atoms with E-state index in [4.69, 9.17) is 4.74 Å². The summed E-state index contributed by atoms with van der Waals surface area (Å²) in [5.74, 6) is -1.02. The van der Waals surface area contributed by atoms with Crippen LogP contribution in [0.4, 0.5) is 17.1 Å². The van der Waals surface area contributed by atoms with E-state index in [-0.39, 0.29) is 44.0 Å². The predicted molar refractivity (Wildman–Crippen MR) is 199 cm³/mol. The molecule has 3 aliphatic heterocycles. The maximum atomic E-state index is 14.3. The Morgan fingerprint density at radius 2 is 1.75 bits per heavy atom. The van der Waals surface area contributed by atoms with Crippen LogP contribution in [0.3, 0.4) is 0 Å². The smallest absolute Gasteiger partial charge is 0.269 e. The van der Waals surface area contributed by atoms with Gasteiger partial charge >= 0.3 is 0 Å². The zero-order chi connectivity index (χ0) is 36.3. The molecule has 3 aliphatic rings. The lowest BCUT2D eigenvalue weighted by atomic mass is 9.82. The van der Waals surface area contributed by atoms with Gasteiger partial charge in [0, 0.05) is 36.7 Å². The molecule has 2 N–H and O–H groups in total. The van der Waals surface area contributed by atoms with Crippen molar-refractivity contribution in [3.8, 4) is 5.75 Å². The summed E-state index contributed by atoms with van der Waals surface area (Å²) in [6.07, 6.45) is 10.0. The van der Waals surface area contributed by atoms with Crippen molar-refractivity contribution in [2.75, 3.05) is 29.6 Å². The molecule has 9 nitrogen and oxygen atoms in total. The number of anilines is 3. The van der Waals surface area contributed by atoms with E-state index >= 15 is 0 Å². The highest BCUT2D eigenvalue weighted by Crippen LogP contribution is 2.48. The van der Waals surface area contributed by atoms with E-state index < -0.39 is 17.4 Å². The topological polar surface area (TPSA) is 111 Å². The average molecular weight is 690 g/mol. The molecule has 0 unspecified atom stereocenters. The number of benzene rings is 3. The van der Waals surface area contributed by atoms with Gasteiger partial charge in [0.1, 0.15) is 5.75 Å². The van der Waals surface area contributed by atoms with E-state index in [2.05, 4.69) is 19.9 Å². The van der Waals surface area contributed by atoms with Gasteiger partial charge in [0.15, 0.2) is 12.2 Å². The second kappa shape index (κ2) is 15.1. The molecule has 3 aromatic rings. The van der Waals surface area contributed by atoms with Gasteiger partial charge in [0.2, 0.25) is 5.91 Å². The summed E-state index contributed by atoms with van der Waals surface area (Å²) in [7, 11) is 0. The van der Waals surface area contributed by atoms with Crippen LogP contribution in [0.25, 0.3) is 0 Å². The lowest BCUT2D eigenvalue weighted by Crippen LogP contribution is -2.46. The molecule has 266 valence electrons. The fourth-order valence-electron chi connectivity index (χ4n) is 7.25. The monoisotopic (exact) mass is 689 g/mol. The molecule has 6 rings (SSSR count). The zero-order valence-corrected chi connectivity index (χ0v) is 29.8. The highest BCUT2D eigenvalue weighted by atomic mass is 16.5. The molecule has 0 aliphatic carbocycles. The quantitative estimate of drug-likeness (QED) is 0.223. The second-order valence-electron chi connectivity index (χ2n) is 14.0. The Bertz CT molecular complexity index is 1910. The molecule has 0 fully saturated rings. The fraction of sp³-hybridized carbons (Fsp3) is 0.357. The third-order valence-corrected chi connectivity index (χ3v) is 10.2. The minimum atomic E-state index is -1.96. The number of hydrogen-bond acceptors (Lipinski definition) is 6. The number of allylic oxidation sites excluding steroid dienone is 3. The van der Waals surface area contributed by atoms with E-state index in [1.54, 1.807) is 64.1 Å². The van der Waals surface area contributed by atoms with Crippen LogP contribution in [-0.2, 0) is 33.0 Å². The van der Waals surface area contributed by atoms with E-state index in [1.165, 1.54) is 5.57 Å². The summed E-state index contributed by atoms with van der Waals surface area (Å²) >= 11 is 0. The van der Waals surface area contributed by atoms with E-state index in [1.807, 2.05) is 49.4 Å². The minimum Gasteiger partial charge on any atom is -0.482 e. The fourth-order valence-corrected chi connectivity index (χ4v) is 7.25. The molecule has 3 aromatic carbocycles. The van der Waals surface area contributed by atoms with Crippen LogP contribution in [0.15, 0.2) is 102 Å². The maximum absolute atomic E-state index is 14.3. The molecule has 3 atom stereocenters. The van der Waals surface area contributed by atoms with Crippen molar-refractivity contribution in [3.05, 3.63) is 119 Å². The van der Waals surface area contributed by atoms with Gasteiger partial charge in [-0.3, -0.25) is 19.3 Å². The first kappa shape index (κ1) is 35.8. The third kappa shape index (κ3) is 7.14. The minimum absolute atomic E-state index is 0.0521. The SMILES string of the molecule is CC(C)=CCC/C(C)=C/CN1C(=O)[C@](O)([C@H](C)/C=C/CC(=O)N2Cc3ccccc3C[C@H]2CO)c2cc(N3C(=O)COc4ccccc43)ccc21. The van der Waals surface area contributed by atoms with Crippen LogP contribution in [0.1, 0.15) is 63.6 Å². The van der Waals surface area contributed by atoms with Gasteiger partial charge in [-0.25, -0.2) is 0 Å². The Morgan fingerprint density at radius 1 is 1.00 bits per heavy atom. The number of carbonyl (C=O) groups excluding carboxylic acids is 3. The van der Waals surface area contributed by atoms with Gasteiger partial charge in [0.25, 0.3) is 11.8 Å². The number of nitrogens with zero attached hydrogens (tertiary/aromatic N) is 3. The van der Waals surface area contributed by atoms with Crippen molar-refractivity contribution in [1.29, 1.82) is 0 Å². The summed E-state index contributed by atoms with van der Waals surface area (Å²) in [4.78, 5) is 45.9. The molecule has 51 heavy (non-hydrogen) atoms. The van der Waals surface area contributed by atoms with E-state index in [0.717, 1.165) is 29.5 Å². The molecule has 0 bridgehead atoms. The Balaban J connectivity index is 1.29. The molecule has 9 heteroatoms. The van der Waals surface area contributed by atoms with Gasteiger partial charge < -0.3 is 24.7 Å². The number of rotatable bonds is 11. The first-order valence-electron chi connectivity index (χ1n) is 17.7.